The number of ether oxygens (including phenoxy) is 1. The molecule has 1 aromatic carbocycles. The van der Waals surface area contributed by atoms with Gasteiger partial charge in [-0.1, -0.05) is 11.6 Å². The monoisotopic (exact) mass is 335 g/mol. The van der Waals surface area contributed by atoms with Crippen LogP contribution in [0.5, 0.6) is 0 Å². The number of carbonyl (C=O) groups excluding carboxylic acids is 1. The topological polar surface area (TPSA) is 39.2 Å². The van der Waals surface area contributed by atoms with E-state index < -0.39 is 17.7 Å². The molecular formula is C13H9ClF3NO2S. The minimum Gasteiger partial charge on any atom is -0.461 e. The molecule has 0 aliphatic rings. The summed E-state index contributed by atoms with van der Waals surface area (Å²) in [6, 6.07) is 3.15. The van der Waals surface area contributed by atoms with Gasteiger partial charge >= 0.3 is 12.1 Å². The second-order valence-electron chi connectivity index (χ2n) is 3.98. The number of benzene rings is 1. The first-order valence-corrected chi connectivity index (χ1v) is 7.08. The van der Waals surface area contributed by atoms with E-state index in [0.29, 0.717) is 0 Å². The van der Waals surface area contributed by atoms with Crippen molar-refractivity contribution in [3.8, 4) is 10.6 Å². The maximum Gasteiger partial charge on any atom is 0.416 e. The summed E-state index contributed by atoms with van der Waals surface area (Å²) in [6.45, 7) is 1.85. The molecule has 0 aliphatic carbocycles. The van der Waals surface area contributed by atoms with Crippen molar-refractivity contribution in [3.63, 3.8) is 0 Å². The Hall–Kier alpha value is -1.60. The third kappa shape index (κ3) is 3.74. The fraction of sp³-hybridized carbons (Fsp3) is 0.231. The van der Waals surface area contributed by atoms with Crippen molar-refractivity contribution >= 4 is 28.9 Å². The molecule has 112 valence electrons. The van der Waals surface area contributed by atoms with E-state index in [0.717, 1.165) is 23.5 Å². The summed E-state index contributed by atoms with van der Waals surface area (Å²) in [4.78, 5) is 15.5. The Morgan fingerprint density at radius 3 is 2.71 bits per heavy atom. The number of nitrogens with zero attached hydrogens (tertiary/aromatic N) is 1. The van der Waals surface area contributed by atoms with E-state index in [9.17, 15) is 18.0 Å². The summed E-state index contributed by atoms with van der Waals surface area (Å²) >= 11 is 6.76. The van der Waals surface area contributed by atoms with Gasteiger partial charge in [-0.2, -0.15) is 13.2 Å². The Kier molecular flexibility index (Phi) is 4.53. The Labute approximate surface area is 127 Å². The molecule has 0 spiro atoms. The molecular weight excluding hydrogens is 327 g/mol. The number of rotatable bonds is 3. The van der Waals surface area contributed by atoms with Crippen LogP contribution in [-0.4, -0.2) is 17.6 Å². The first-order valence-electron chi connectivity index (χ1n) is 5.82. The fourth-order valence-electron chi connectivity index (χ4n) is 1.58. The van der Waals surface area contributed by atoms with Crippen LogP contribution in [0.2, 0.25) is 5.02 Å². The first kappa shape index (κ1) is 15.8. The van der Waals surface area contributed by atoms with Crippen molar-refractivity contribution in [2.75, 3.05) is 6.61 Å². The van der Waals surface area contributed by atoms with Gasteiger partial charge in [-0.25, -0.2) is 9.78 Å². The minimum absolute atomic E-state index is 0.0484. The zero-order valence-electron chi connectivity index (χ0n) is 10.7. The summed E-state index contributed by atoms with van der Waals surface area (Å²) in [5.74, 6) is -0.613. The van der Waals surface area contributed by atoms with E-state index >= 15 is 0 Å². The quantitative estimate of drug-likeness (QED) is 0.766. The third-order valence-corrected chi connectivity index (χ3v) is 3.57. The van der Waals surface area contributed by atoms with Crippen LogP contribution in [0.1, 0.15) is 23.0 Å². The maximum atomic E-state index is 12.7. The first-order chi connectivity index (χ1) is 9.81. The van der Waals surface area contributed by atoms with Crippen molar-refractivity contribution in [1.82, 2.24) is 4.98 Å². The van der Waals surface area contributed by atoms with E-state index in [1.54, 1.807) is 6.92 Å². The Balaban J connectivity index is 2.39. The molecule has 2 aromatic rings. The lowest BCUT2D eigenvalue weighted by atomic mass is 10.1. The van der Waals surface area contributed by atoms with Crippen molar-refractivity contribution in [2.24, 2.45) is 0 Å². The van der Waals surface area contributed by atoms with Crippen LogP contribution in [0, 0.1) is 0 Å². The van der Waals surface area contributed by atoms with Gasteiger partial charge in [-0.3, -0.25) is 0 Å². The lowest BCUT2D eigenvalue weighted by Gasteiger charge is -2.08. The van der Waals surface area contributed by atoms with Gasteiger partial charge in [0.25, 0.3) is 0 Å². The van der Waals surface area contributed by atoms with Gasteiger partial charge in [-0.05, 0) is 25.1 Å². The van der Waals surface area contributed by atoms with Crippen LogP contribution in [-0.2, 0) is 10.9 Å². The van der Waals surface area contributed by atoms with Crippen LogP contribution in [0.15, 0.2) is 23.6 Å². The summed E-state index contributed by atoms with van der Waals surface area (Å²) in [7, 11) is 0. The summed E-state index contributed by atoms with van der Waals surface area (Å²) in [5.41, 5.74) is -0.598. The third-order valence-electron chi connectivity index (χ3n) is 2.46. The van der Waals surface area contributed by atoms with Crippen LogP contribution in [0.4, 0.5) is 13.2 Å². The molecule has 0 amide bonds. The molecule has 0 saturated heterocycles. The molecule has 3 nitrogen and oxygen atoms in total. The van der Waals surface area contributed by atoms with Crippen LogP contribution < -0.4 is 0 Å². The largest absolute Gasteiger partial charge is 0.461 e. The van der Waals surface area contributed by atoms with Crippen LogP contribution in [0.25, 0.3) is 10.6 Å². The molecule has 2 rings (SSSR count). The van der Waals surface area contributed by atoms with Crippen LogP contribution >= 0.6 is 22.9 Å². The van der Waals surface area contributed by atoms with E-state index in [-0.39, 0.29) is 27.9 Å². The Morgan fingerprint density at radius 1 is 1.38 bits per heavy atom. The van der Waals surface area contributed by atoms with Crippen molar-refractivity contribution in [1.29, 1.82) is 0 Å². The van der Waals surface area contributed by atoms with E-state index in [1.807, 2.05) is 0 Å². The highest BCUT2D eigenvalue weighted by molar-refractivity contribution is 7.13. The molecule has 0 bridgehead atoms. The molecule has 21 heavy (non-hydrogen) atoms. The molecule has 0 unspecified atom stereocenters. The molecule has 0 aliphatic heterocycles. The molecule has 1 aromatic heterocycles. The van der Waals surface area contributed by atoms with Crippen molar-refractivity contribution < 1.29 is 22.7 Å². The van der Waals surface area contributed by atoms with Gasteiger partial charge in [0.2, 0.25) is 0 Å². The SMILES string of the molecule is CCOC(=O)c1csc(-c2cc(Cl)cc(C(F)(F)F)c2)n1. The van der Waals surface area contributed by atoms with Gasteiger partial charge in [0.05, 0.1) is 12.2 Å². The average Bonchev–Trinajstić information content (AvgIpc) is 2.87. The number of hydrogen-bond acceptors (Lipinski definition) is 4. The molecule has 0 atom stereocenters. The second-order valence-corrected chi connectivity index (χ2v) is 5.28. The average molecular weight is 336 g/mol. The van der Waals surface area contributed by atoms with E-state index in [2.05, 4.69) is 4.98 Å². The smallest absolute Gasteiger partial charge is 0.416 e. The number of esters is 1. The molecule has 8 heteroatoms. The predicted octanol–water partition coefficient (Wildman–Crippen LogP) is 4.66. The highest BCUT2D eigenvalue weighted by Crippen LogP contribution is 2.35. The summed E-state index contributed by atoms with van der Waals surface area (Å²) < 4.78 is 43.0. The van der Waals surface area contributed by atoms with Gasteiger partial charge in [0.1, 0.15) is 5.01 Å². The number of alkyl halides is 3. The zero-order valence-corrected chi connectivity index (χ0v) is 12.3. The fourth-order valence-corrected chi connectivity index (χ4v) is 2.59. The Bertz CT molecular complexity index is 670. The zero-order chi connectivity index (χ0) is 15.6. The van der Waals surface area contributed by atoms with Gasteiger partial charge in [-0.15, -0.1) is 11.3 Å². The highest BCUT2D eigenvalue weighted by atomic mass is 35.5. The van der Waals surface area contributed by atoms with Gasteiger partial charge in [0, 0.05) is 16.0 Å². The van der Waals surface area contributed by atoms with Crippen molar-refractivity contribution in [2.45, 2.75) is 13.1 Å². The number of carbonyl (C=O) groups is 1. The normalized spacial score (nSPS) is 11.5. The van der Waals surface area contributed by atoms with Gasteiger partial charge < -0.3 is 4.74 Å². The number of aromatic nitrogens is 1. The van der Waals surface area contributed by atoms with Gasteiger partial charge in [0.15, 0.2) is 5.69 Å². The highest BCUT2D eigenvalue weighted by Gasteiger charge is 2.31. The predicted molar refractivity (Wildman–Crippen MR) is 73.5 cm³/mol. The molecule has 0 fully saturated rings. The maximum absolute atomic E-state index is 12.7. The summed E-state index contributed by atoms with van der Waals surface area (Å²) in [6.07, 6.45) is -4.50. The van der Waals surface area contributed by atoms with E-state index in [1.165, 1.54) is 11.4 Å². The van der Waals surface area contributed by atoms with Crippen molar-refractivity contribution in [3.05, 3.63) is 39.9 Å². The second kappa shape index (κ2) is 6.03. The minimum atomic E-state index is -4.50. The number of hydrogen-bond donors (Lipinski definition) is 0. The number of thiazole rings is 1. The van der Waals surface area contributed by atoms with Crippen LogP contribution in [0.3, 0.4) is 0 Å². The lowest BCUT2D eigenvalue weighted by Crippen LogP contribution is -2.05. The lowest BCUT2D eigenvalue weighted by molar-refractivity contribution is -0.137. The standard InChI is InChI=1S/C13H9ClF3NO2S/c1-2-20-12(19)10-6-21-11(18-10)7-3-8(13(15,16)17)5-9(14)4-7/h3-6H,2H2,1H3. The molecule has 0 radical (unpaired) electrons. The number of halogens is 4. The molecule has 1 heterocycles. The Morgan fingerprint density at radius 2 is 2.10 bits per heavy atom. The molecule has 0 saturated carbocycles. The molecule has 0 N–H and O–H groups in total. The summed E-state index contributed by atoms with van der Waals surface area (Å²) in [5, 5.41) is 1.65. The van der Waals surface area contributed by atoms with E-state index in [4.69, 9.17) is 16.3 Å².